The van der Waals surface area contributed by atoms with E-state index in [1.807, 2.05) is 6.92 Å². The molecule has 2 N–H and O–H groups in total. The van der Waals surface area contributed by atoms with Gasteiger partial charge in [-0.1, -0.05) is 17.7 Å². The summed E-state index contributed by atoms with van der Waals surface area (Å²) in [7, 11) is -3.90. The quantitative estimate of drug-likeness (QED) is 0.772. The lowest BCUT2D eigenvalue weighted by molar-refractivity contribution is -0.00961. The van der Waals surface area contributed by atoms with Crippen LogP contribution in [0.1, 0.15) is 12.5 Å². The minimum atomic E-state index is -3.90. The zero-order chi connectivity index (χ0) is 14.9. The molecule has 1 aliphatic heterocycles. The SMILES string of the molecule is Cc1ccc(S(=O)(=O)OC[C@H]2O[C@@H](C)[C@H](O)[C@H]2O)cc1. The molecule has 7 heteroatoms. The largest absolute Gasteiger partial charge is 0.388 e. The Hall–Kier alpha value is -0.990. The molecule has 1 fully saturated rings. The van der Waals surface area contributed by atoms with Gasteiger partial charge in [-0.2, -0.15) is 8.42 Å². The van der Waals surface area contributed by atoms with Crippen LogP contribution in [0, 0.1) is 6.92 Å². The third-order valence-corrected chi connectivity index (χ3v) is 4.59. The van der Waals surface area contributed by atoms with Crippen molar-refractivity contribution in [2.75, 3.05) is 6.61 Å². The Morgan fingerprint density at radius 3 is 2.30 bits per heavy atom. The number of ether oxygens (including phenoxy) is 1. The van der Waals surface area contributed by atoms with Crippen LogP contribution < -0.4 is 0 Å². The van der Waals surface area contributed by atoms with Crippen molar-refractivity contribution in [2.24, 2.45) is 0 Å². The minimum Gasteiger partial charge on any atom is -0.388 e. The van der Waals surface area contributed by atoms with Gasteiger partial charge in [0.15, 0.2) is 0 Å². The van der Waals surface area contributed by atoms with Gasteiger partial charge in [0.2, 0.25) is 0 Å². The molecule has 1 saturated heterocycles. The Balaban J connectivity index is 2.01. The number of rotatable bonds is 4. The van der Waals surface area contributed by atoms with Crippen LogP contribution >= 0.6 is 0 Å². The highest BCUT2D eigenvalue weighted by Gasteiger charge is 2.40. The first-order valence-corrected chi connectivity index (χ1v) is 7.70. The van der Waals surface area contributed by atoms with Crippen LogP contribution in [0.25, 0.3) is 0 Å². The van der Waals surface area contributed by atoms with Gasteiger partial charge in [0, 0.05) is 0 Å². The van der Waals surface area contributed by atoms with Crippen molar-refractivity contribution in [1.29, 1.82) is 0 Å². The van der Waals surface area contributed by atoms with E-state index in [0.717, 1.165) is 5.56 Å². The van der Waals surface area contributed by atoms with E-state index in [2.05, 4.69) is 0 Å². The number of aliphatic hydroxyl groups is 2. The molecule has 0 bridgehead atoms. The van der Waals surface area contributed by atoms with E-state index < -0.39 is 34.5 Å². The second-order valence-corrected chi connectivity index (χ2v) is 6.53. The molecule has 1 aliphatic rings. The lowest BCUT2D eigenvalue weighted by Gasteiger charge is -2.14. The fraction of sp³-hybridized carbons (Fsp3) is 0.538. The average Bonchev–Trinajstić information content (AvgIpc) is 2.64. The summed E-state index contributed by atoms with van der Waals surface area (Å²) in [5.41, 5.74) is 0.940. The van der Waals surface area contributed by atoms with Crippen LogP contribution in [0.4, 0.5) is 0 Å². The predicted octanol–water partition coefficient (Wildman–Crippen LogP) is 0.209. The van der Waals surface area contributed by atoms with E-state index in [1.165, 1.54) is 12.1 Å². The molecule has 6 nitrogen and oxygen atoms in total. The Bertz CT molecular complexity index is 553. The average molecular weight is 302 g/mol. The molecule has 20 heavy (non-hydrogen) atoms. The second-order valence-electron chi connectivity index (χ2n) is 4.91. The molecule has 0 aliphatic carbocycles. The number of benzene rings is 1. The highest BCUT2D eigenvalue weighted by molar-refractivity contribution is 7.86. The summed E-state index contributed by atoms with van der Waals surface area (Å²) in [6.07, 6.45) is -3.61. The fourth-order valence-electron chi connectivity index (χ4n) is 2.00. The molecule has 0 unspecified atom stereocenters. The minimum absolute atomic E-state index is 0.0455. The van der Waals surface area contributed by atoms with Crippen LogP contribution in [0.15, 0.2) is 29.2 Å². The summed E-state index contributed by atoms with van der Waals surface area (Å²) in [5, 5.41) is 19.2. The third-order valence-electron chi connectivity index (χ3n) is 3.30. The van der Waals surface area contributed by atoms with Gasteiger partial charge in [-0.15, -0.1) is 0 Å². The standard InChI is InChI=1S/C13H18O6S/c1-8-3-5-10(6-4-8)20(16,17)18-7-11-13(15)12(14)9(2)19-11/h3-6,9,11-15H,7H2,1-2H3/t9-,11+,12-,13-/m0/s1. The second kappa shape index (κ2) is 5.79. The van der Waals surface area contributed by atoms with Crippen molar-refractivity contribution in [3.8, 4) is 0 Å². The normalized spacial score (nSPS) is 30.6. The summed E-state index contributed by atoms with van der Waals surface area (Å²) >= 11 is 0. The van der Waals surface area contributed by atoms with Gasteiger partial charge in [0.05, 0.1) is 17.6 Å². The van der Waals surface area contributed by atoms with Crippen molar-refractivity contribution < 1.29 is 27.6 Å². The topological polar surface area (TPSA) is 93.1 Å². The summed E-state index contributed by atoms with van der Waals surface area (Å²) in [4.78, 5) is 0.0455. The molecule has 112 valence electrons. The first-order valence-electron chi connectivity index (χ1n) is 6.29. The molecule has 0 amide bonds. The summed E-state index contributed by atoms with van der Waals surface area (Å²) in [6, 6.07) is 6.24. The maximum Gasteiger partial charge on any atom is 0.297 e. The van der Waals surface area contributed by atoms with E-state index in [0.29, 0.717) is 0 Å². The van der Waals surface area contributed by atoms with E-state index in [1.54, 1.807) is 19.1 Å². The maximum atomic E-state index is 11.9. The monoisotopic (exact) mass is 302 g/mol. The molecule has 1 aromatic rings. The van der Waals surface area contributed by atoms with Crippen LogP contribution in [0.5, 0.6) is 0 Å². The van der Waals surface area contributed by atoms with Crippen molar-refractivity contribution in [3.63, 3.8) is 0 Å². The predicted molar refractivity (Wildman–Crippen MR) is 70.7 cm³/mol. The smallest absolute Gasteiger partial charge is 0.297 e. The molecule has 0 radical (unpaired) electrons. The molecule has 2 rings (SSSR count). The third kappa shape index (κ3) is 3.18. The first-order chi connectivity index (χ1) is 9.31. The number of hydrogen-bond acceptors (Lipinski definition) is 6. The van der Waals surface area contributed by atoms with Gasteiger partial charge in [-0.3, -0.25) is 4.18 Å². The fourth-order valence-corrected chi connectivity index (χ4v) is 2.92. The van der Waals surface area contributed by atoms with Crippen molar-refractivity contribution in [1.82, 2.24) is 0 Å². The van der Waals surface area contributed by atoms with Gasteiger partial charge < -0.3 is 14.9 Å². The first kappa shape index (κ1) is 15.4. The number of aryl methyl sites for hydroxylation is 1. The summed E-state index contributed by atoms with van der Waals surface area (Å²) in [6.45, 7) is 3.11. The van der Waals surface area contributed by atoms with Gasteiger partial charge in [-0.25, -0.2) is 0 Å². The summed E-state index contributed by atoms with van der Waals surface area (Å²) in [5.74, 6) is 0. The Labute approximate surface area is 118 Å². The Kier molecular flexibility index (Phi) is 4.46. The Morgan fingerprint density at radius 2 is 1.80 bits per heavy atom. The highest BCUT2D eigenvalue weighted by Crippen LogP contribution is 2.22. The van der Waals surface area contributed by atoms with Crippen molar-refractivity contribution in [2.45, 2.75) is 43.2 Å². The summed E-state index contributed by atoms with van der Waals surface area (Å²) < 4.78 is 34.0. The number of aliphatic hydroxyl groups excluding tert-OH is 2. The maximum absolute atomic E-state index is 11.9. The van der Waals surface area contributed by atoms with E-state index in [4.69, 9.17) is 8.92 Å². The van der Waals surface area contributed by atoms with Crippen molar-refractivity contribution in [3.05, 3.63) is 29.8 Å². The molecular weight excluding hydrogens is 284 g/mol. The van der Waals surface area contributed by atoms with Gasteiger partial charge in [0.25, 0.3) is 10.1 Å². The van der Waals surface area contributed by atoms with Gasteiger partial charge in [0.1, 0.15) is 18.3 Å². The lowest BCUT2D eigenvalue weighted by atomic mass is 10.1. The van der Waals surface area contributed by atoms with Crippen LogP contribution in [0.3, 0.4) is 0 Å². The Morgan fingerprint density at radius 1 is 1.20 bits per heavy atom. The van der Waals surface area contributed by atoms with Crippen LogP contribution in [-0.4, -0.2) is 49.7 Å². The van der Waals surface area contributed by atoms with E-state index >= 15 is 0 Å². The van der Waals surface area contributed by atoms with Gasteiger partial charge >= 0.3 is 0 Å². The zero-order valence-electron chi connectivity index (χ0n) is 11.3. The highest BCUT2D eigenvalue weighted by atomic mass is 32.2. The molecule has 0 saturated carbocycles. The van der Waals surface area contributed by atoms with Crippen LogP contribution in [0.2, 0.25) is 0 Å². The van der Waals surface area contributed by atoms with Crippen LogP contribution in [-0.2, 0) is 19.0 Å². The molecule has 0 aromatic heterocycles. The van der Waals surface area contributed by atoms with Gasteiger partial charge in [-0.05, 0) is 26.0 Å². The molecule has 1 heterocycles. The lowest BCUT2D eigenvalue weighted by Crippen LogP contribution is -2.34. The molecule has 0 spiro atoms. The number of hydrogen-bond donors (Lipinski definition) is 2. The molecule has 1 aromatic carbocycles. The molecular formula is C13H18O6S. The van der Waals surface area contributed by atoms with E-state index in [-0.39, 0.29) is 11.5 Å². The zero-order valence-corrected chi connectivity index (χ0v) is 12.1. The van der Waals surface area contributed by atoms with E-state index in [9.17, 15) is 18.6 Å². The van der Waals surface area contributed by atoms with Crippen molar-refractivity contribution >= 4 is 10.1 Å². The molecule has 4 atom stereocenters.